The summed E-state index contributed by atoms with van der Waals surface area (Å²) in [6.07, 6.45) is 2.43. The summed E-state index contributed by atoms with van der Waals surface area (Å²) in [6, 6.07) is 10.6. The Morgan fingerprint density at radius 3 is 1.26 bits per heavy atom. The number of benzene rings is 1. The van der Waals surface area contributed by atoms with Crippen LogP contribution in [0.4, 0.5) is 0 Å². The first-order chi connectivity index (χ1) is 10.4. The SMILES string of the molecule is CC.CC(C)(C)Cc1ccccc1.CC(C)C.CCC(C)(C)C. The zero-order chi connectivity index (χ0) is 19.1. The zero-order valence-electron chi connectivity index (χ0n) is 18.4. The van der Waals surface area contributed by atoms with Gasteiger partial charge in [0.1, 0.15) is 0 Å². The second-order valence-electron chi connectivity index (χ2n) is 8.87. The number of hydrogen-bond acceptors (Lipinski definition) is 0. The predicted octanol–water partition coefficient (Wildman–Crippen LogP) is 8.41. The lowest BCUT2D eigenvalue weighted by atomic mass is 9.88. The maximum absolute atomic E-state index is 2.26. The molecule has 0 aliphatic carbocycles. The van der Waals surface area contributed by atoms with E-state index in [2.05, 4.69) is 99.6 Å². The second kappa shape index (κ2) is 14.8. The van der Waals surface area contributed by atoms with E-state index in [9.17, 15) is 0 Å². The van der Waals surface area contributed by atoms with Gasteiger partial charge in [0.15, 0.2) is 0 Å². The van der Waals surface area contributed by atoms with Crippen LogP contribution in [-0.2, 0) is 6.42 Å². The van der Waals surface area contributed by atoms with E-state index in [1.165, 1.54) is 12.0 Å². The Kier molecular flexibility index (Phi) is 17.4. The summed E-state index contributed by atoms with van der Waals surface area (Å²) in [5.74, 6) is 0.833. The summed E-state index contributed by atoms with van der Waals surface area (Å²) in [6.45, 7) is 26.2. The topological polar surface area (TPSA) is 0 Å². The first-order valence-electron chi connectivity index (χ1n) is 9.41. The highest BCUT2D eigenvalue weighted by molar-refractivity contribution is 5.15. The minimum atomic E-state index is 0.404. The molecule has 0 nitrogen and oxygen atoms in total. The van der Waals surface area contributed by atoms with Crippen molar-refractivity contribution in [1.82, 2.24) is 0 Å². The number of rotatable bonds is 1. The molecular weight excluding hydrogens is 276 g/mol. The van der Waals surface area contributed by atoms with Gasteiger partial charge in [-0.2, -0.15) is 0 Å². The Labute approximate surface area is 149 Å². The van der Waals surface area contributed by atoms with Gasteiger partial charge in [-0.3, -0.25) is 0 Å². The third-order valence-electron chi connectivity index (χ3n) is 2.64. The molecule has 0 saturated heterocycles. The summed E-state index contributed by atoms with van der Waals surface area (Å²) >= 11 is 0. The molecule has 0 spiro atoms. The molecule has 0 aromatic heterocycles. The molecule has 0 bridgehead atoms. The fraction of sp³-hybridized carbons (Fsp3) is 0.739. The Hall–Kier alpha value is -0.780. The minimum absolute atomic E-state index is 0.404. The molecule has 1 aromatic rings. The lowest BCUT2D eigenvalue weighted by molar-refractivity contribution is 0.398. The molecule has 0 atom stereocenters. The molecule has 0 unspecified atom stereocenters. The van der Waals surface area contributed by atoms with Crippen LogP contribution in [0.1, 0.15) is 95.1 Å². The Bertz CT molecular complexity index is 317. The van der Waals surface area contributed by atoms with Crippen molar-refractivity contribution in [2.75, 3.05) is 0 Å². The smallest absolute Gasteiger partial charge is 0.0230 e. The van der Waals surface area contributed by atoms with E-state index >= 15 is 0 Å². The Morgan fingerprint density at radius 2 is 1.04 bits per heavy atom. The van der Waals surface area contributed by atoms with E-state index in [1.54, 1.807) is 0 Å². The Morgan fingerprint density at radius 1 is 0.739 bits per heavy atom. The molecule has 1 aromatic carbocycles. The average molecular weight is 323 g/mol. The average Bonchev–Trinajstić information content (AvgIpc) is 2.39. The summed E-state index contributed by atoms with van der Waals surface area (Å²) in [5, 5.41) is 0. The standard InChI is InChI=1S/C11H16.C6H14.C4H10.C2H6/c1-11(2,3)9-10-7-5-4-6-8-10;1-5-6(2,3)4;1-4(2)3;1-2/h4-8H,9H2,1-3H3;5H2,1-4H3;4H,1-3H3;1-2H3. The monoisotopic (exact) mass is 322 g/mol. The van der Waals surface area contributed by atoms with Crippen molar-refractivity contribution < 1.29 is 0 Å². The van der Waals surface area contributed by atoms with Crippen LogP contribution in [0.5, 0.6) is 0 Å². The van der Waals surface area contributed by atoms with Gasteiger partial charge in [-0.05, 0) is 28.7 Å². The van der Waals surface area contributed by atoms with Gasteiger partial charge in [-0.1, -0.05) is 120 Å². The van der Waals surface area contributed by atoms with Crippen LogP contribution >= 0.6 is 0 Å². The van der Waals surface area contributed by atoms with E-state index in [4.69, 9.17) is 0 Å². The molecule has 0 N–H and O–H groups in total. The molecule has 1 rings (SSSR count). The van der Waals surface area contributed by atoms with Gasteiger partial charge in [0.25, 0.3) is 0 Å². The van der Waals surface area contributed by atoms with Crippen LogP contribution < -0.4 is 0 Å². The summed E-state index contributed by atoms with van der Waals surface area (Å²) in [5.41, 5.74) is 2.38. The first-order valence-corrected chi connectivity index (χ1v) is 9.41. The second-order valence-corrected chi connectivity index (χ2v) is 8.87. The van der Waals surface area contributed by atoms with Crippen molar-refractivity contribution in [3.8, 4) is 0 Å². The van der Waals surface area contributed by atoms with Crippen LogP contribution in [0.2, 0.25) is 0 Å². The van der Waals surface area contributed by atoms with Crippen molar-refractivity contribution >= 4 is 0 Å². The Balaban J connectivity index is -0.000000283. The highest BCUT2D eigenvalue weighted by Gasteiger charge is 2.09. The van der Waals surface area contributed by atoms with Crippen LogP contribution in [0.3, 0.4) is 0 Å². The largest absolute Gasteiger partial charge is 0.0683 e. The predicted molar refractivity (Wildman–Crippen MR) is 111 cm³/mol. The highest BCUT2D eigenvalue weighted by atomic mass is 14.1. The lowest BCUT2D eigenvalue weighted by Crippen LogP contribution is -2.08. The minimum Gasteiger partial charge on any atom is -0.0683 e. The van der Waals surface area contributed by atoms with Gasteiger partial charge in [-0.25, -0.2) is 0 Å². The fourth-order valence-corrected chi connectivity index (χ4v) is 1.21. The summed E-state index contributed by atoms with van der Waals surface area (Å²) in [7, 11) is 0. The van der Waals surface area contributed by atoms with Gasteiger partial charge >= 0.3 is 0 Å². The van der Waals surface area contributed by atoms with Crippen LogP contribution in [0, 0.1) is 16.7 Å². The van der Waals surface area contributed by atoms with E-state index in [-0.39, 0.29) is 0 Å². The van der Waals surface area contributed by atoms with Gasteiger partial charge in [0.2, 0.25) is 0 Å². The number of hydrogen-bond donors (Lipinski definition) is 0. The molecular formula is C23H46. The maximum Gasteiger partial charge on any atom is -0.0230 e. The van der Waals surface area contributed by atoms with Crippen molar-refractivity contribution in [2.24, 2.45) is 16.7 Å². The molecule has 23 heavy (non-hydrogen) atoms. The van der Waals surface area contributed by atoms with Crippen molar-refractivity contribution in [3.05, 3.63) is 35.9 Å². The van der Waals surface area contributed by atoms with Gasteiger partial charge in [0, 0.05) is 0 Å². The quantitative estimate of drug-likeness (QED) is 0.487. The van der Waals surface area contributed by atoms with Gasteiger partial charge in [0.05, 0.1) is 0 Å². The maximum atomic E-state index is 2.26. The van der Waals surface area contributed by atoms with E-state index in [0.717, 1.165) is 12.3 Å². The molecule has 138 valence electrons. The third kappa shape index (κ3) is 33.8. The van der Waals surface area contributed by atoms with Crippen molar-refractivity contribution in [1.29, 1.82) is 0 Å². The summed E-state index contributed by atoms with van der Waals surface area (Å²) in [4.78, 5) is 0. The molecule has 0 radical (unpaired) electrons. The molecule has 0 aliphatic rings. The van der Waals surface area contributed by atoms with Crippen LogP contribution in [0.15, 0.2) is 30.3 Å². The molecule has 0 saturated carbocycles. The van der Waals surface area contributed by atoms with Gasteiger partial charge in [-0.15, -0.1) is 0 Å². The van der Waals surface area contributed by atoms with Crippen LogP contribution in [-0.4, -0.2) is 0 Å². The lowest BCUT2D eigenvalue weighted by Gasteiger charge is -2.17. The summed E-state index contributed by atoms with van der Waals surface area (Å²) < 4.78 is 0. The highest BCUT2D eigenvalue weighted by Crippen LogP contribution is 2.19. The molecule has 0 heteroatoms. The third-order valence-corrected chi connectivity index (χ3v) is 2.64. The zero-order valence-corrected chi connectivity index (χ0v) is 18.4. The molecule has 0 fully saturated rings. The van der Waals surface area contributed by atoms with E-state index in [0.29, 0.717) is 10.8 Å². The molecule has 0 heterocycles. The van der Waals surface area contributed by atoms with Crippen LogP contribution in [0.25, 0.3) is 0 Å². The first kappa shape index (κ1) is 27.1. The van der Waals surface area contributed by atoms with E-state index in [1.807, 2.05) is 13.8 Å². The normalized spacial score (nSPS) is 10.5. The van der Waals surface area contributed by atoms with E-state index < -0.39 is 0 Å². The van der Waals surface area contributed by atoms with Crippen molar-refractivity contribution in [2.45, 2.75) is 95.9 Å². The fourth-order valence-electron chi connectivity index (χ4n) is 1.21. The van der Waals surface area contributed by atoms with Crippen molar-refractivity contribution in [3.63, 3.8) is 0 Å². The molecule has 0 aliphatic heterocycles. The van der Waals surface area contributed by atoms with Gasteiger partial charge < -0.3 is 0 Å². The molecule has 0 amide bonds.